The van der Waals surface area contributed by atoms with Crippen molar-refractivity contribution in [3.8, 4) is 5.75 Å². The Bertz CT molecular complexity index is 1480. The number of urea groups is 1. The molecule has 0 unspecified atom stereocenters. The van der Waals surface area contributed by atoms with Gasteiger partial charge >= 0.3 is 30.2 Å². The third-order valence-corrected chi connectivity index (χ3v) is 6.10. The molecule has 0 saturated carbocycles. The van der Waals surface area contributed by atoms with Gasteiger partial charge < -0.3 is 30.0 Å². The Balaban J connectivity index is 1.62. The molecule has 0 aromatic heterocycles. The van der Waals surface area contributed by atoms with Crippen LogP contribution in [0.2, 0.25) is 0 Å². The summed E-state index contributed by atoms with van der Waals surface area (Å²) in [5.41, 5.74) is 2.35. The summed E-state index contributed by atoms with van der Waals surface area (Å²) < 4.78 is 15.8. The fraction of sp³-hybridized carbons (Fsp3) is 0.303. The average molecular weight is 635 g/mol. The summed E-state index contributed by atoms with van der Waals surface area (Å²) in [7, 11) is 0. The molecule has 0 fully saturated rings. The molecule has 3 aromatic carbocycles. The standard InChI is InChI=1S/C33H38N4O9/c1-33(2,3)46-32(43)36-37(25-16-12-15-24(21-25)29(40)45-26-17-8-5-9-18-26)30(41)35-27(28(38)39)19-10-11-20-34-31(42)44-22-23-13-6-4-7-14-23/h4-9,12-18,21,27H,10-11,19-20,22H2,1-3H3,(H,34,42)(H,35,41)(H,36,43)(H,38,39)/t27-/m0/s1. The van der Waals surface area contributed by atoms with E-state index in [4.69, 9.17) is 14.2 Å². The highest BCUT2D eigenvalue weighted by Crippen LogP contribution is 2.19. The van der Waals surface area contributed by atoms with E-state index >= 15 is 0 Å². The summed E-state index contributed by atoms with van der Waals surface area (Å²) in [4.78, 5) is 62.8. The van der Waals surface area contributed by atoms with E-state index in [0.717, 1.165) is 10.6 Å². The van der Waals surface area contributed by atoms with Crippen molar-refractivity contribution in [3.05, 3.63) is 96.1 Å². The highest BCUT2D eigenvalue weighted by molar-refractivity contribution is 5.98. The van der Waals surface area contributed by atoms with Gasteiger partial charge in [0.1, 0.15) is 24.0 Å². The van der Waals surface area contributed by atoms with Crippen LogP contribution in [0.1, 0.15) is 56.0 Å². The second-order valence-corrected chi connectivity index (χ2v) is 11.0. The maximum Gasteiger partial charge on any atom is 0.427 e. The van der Waals surface area contributed by atoms with Crippen molar-refractivity contribution in [2.45, 2.75) is 58.3 Å². The highest BCUT2D eigenvalue weighted by Gasteiger charge is 2.27. The number of carbonyl (C=O) groups excluding carboxylic acids is 4. The minimum atomic E-state index is -1.34. The second kappa shape index (κ2) is 17.0. The van der Waals surface area contributed by atoms with Crippen LogP contribution in [-0.4, -0.2) is 53.5 Å². The maximum absolute atomic E-state index is 13.4. The van der Waals surface area contributed by atoms with Gasteiger partial charge in [-0.1, -0.05) is 54.6 Å². The van der Waals surface area contributed by atoms with Crippen molar-refractivity contribution in [1.82, 2.24) is 16.1 Å². The number of nitrogens with one attached hydrogen (secondary N) is 3. The Labute approximate surface area is 266 Å². The molecule has 0 aliphatic heterocycles. The second-order valence-electron chi connectivity index (χ2n) is 11.0. The number of anilines is 1. The van der Waals surface area contributed by atoms with Crippen LogP contribution < -0.4 is 25.8 Å². The third-order valence-electron chi connectivity index (χ3n) is 6.10. The average Bonchev–Trinajstić information content (AvgIpc) is 3.02. The summed E-state index contributed by atoms with van der Waals surface area (Å²) in [6.45, 7) is 5.25. The molecule has 4 amide bonds. The lowest BCUT2D eigenvalue weighted by molar-refractivity contribution is -0.139. The first-order valence-corrected chi connectivity index (χ1v) is 14.6. The number of esters is 1. The summed E-state index contributed by atoms with van der Waals surface area (Å²) in [5.74, 6) is -1.71. The van der Waals surface area contributed by atoms with Crippen LogP contribution >= 0.6 is 0 Å². The Kier molecular flexibility index (Phi) is 12.9. The molecule has 0 aliphatic carbocycles. The Morgan fingerprint density at radius 1 is 0.848 bits per heavy atom. The maximum atomic E-state index is 13.4. The van der Waals surface area contributed by atoms with Gasteiger partial charge in [-0.25, -0.2) is 34.4 Å². The SMILES string of the molecule is CC(C)(C)OC(=O)NN(C(=O)N[C@@H](CCCCNC(=O)OCc1ccccc1)C(=O)O)c1cccc(C(=O)Oc2ccccc2)c1. The molecule has 13 nitrogen and oxygen atoms in total. The number of rotatable bonds is 12. The van der Waals surface area contributed by atoms with Crippen molar-refractivity contribution in [2.24, 2.45) is 0 Å². The molecule has 0 aliphatic rings. The molecule has 46 heavy (non-hydrogen) atoms. The third kappa shape index (κ3) is 12.2. The fourth-order valence-electron chi connectivity index (χ4n) is 3.96. The minimum Gasteiger partial charge on any atom is -0.480 e. The van der Waals surface area contributed by atoms with Crippen molar-refractivity contribution >= 4 is 35.8 Å². The van der Waals surface area contributed by atoms with Gasteiger partial charge in [0.15, 0.2) is 0 Å². The number of hydrazine groups is 1. The van der Waals surface area contributed by atoms with Crippen LogP contribution in [0.3, 0.4) is 0 Å². The van der Waals surface area contributed by atoms with Crippen LogP contribution in [-0.2, 0) is 20.9 Å². The number of carbonyl (C=O) groups is 5. The summed E-state index contributed by atoms with van der Waals surface area (Å²) in [6, 6.07) is 20.9. The lowest BCUT2D eigenvalue weighted by atomic mass is 10.1. The Hall–Kier alpha value is -5.59. The number of unbranched alkanes of at least 4 members (excludes halogenated alkanes) is 1. The Morgan fingerprint density at radius 3 is 2.17 bits per heavy atom. The lowest BCUT2D eigenvalue weighted by Crippen LogP contribution is -2.55. The van der Waals surface area contributed by atoms with Crippen molar-refractivity contribution in [1.29, 1.82) is 0 Å². The number of benzene rings is 3. The molecule has 0 bridgehead atoms. The van der Waals surface area contributed by atoms with Crippen LogP contribution in [0.5, 0.6) is 5.75 Å². The van der Waals surface area contributed by atoms with E-state index in [1.165, 1.54) is 24.3 Å². The van der Waals surface area contributed by atoms with E-state index < -0.39 is 41.8 Å². The van der Waals surface area contributed by atoms with E-state index in [1.54, 1.807) is 51.1 Å². The van der Waals surface area contributed by atoms with E-state index in [-0.39, 0.29) is 30.8 Å². The van der Waals surface area contributed by atoms with E-state index in [2.05, 4.69) is 16.1 Å². The van der Waals surface area contributed by atoms with Crippen LogP contribution in [0.4, 0.5) is 20.1 Å². The van der Waals surface area contributed by atoms with Gasteiger partial charge in [-0.15, -0.1) is 0 Å². The zero-order valence-electron chi connectivity index (χ0n) is 25.9. The Morgan fingerprint density at radius 2 is 1.52 bits per heavy atom. The molecule has 1 atom stereocenters. The molecule has 4 N–H and O–H groups in total. The number of hydrogen-bond acceptors (Lipinski definition) is 8. The first kappa shape index (κ1) is 34.9. The molecular weight excluding hydrogens is 596 g/mol. The zero-order chi connectivity index (χ0) is 33.5. The van der Waals surface area contributed by atoms with E-state index in [0.29, 0.717) is 18.6 Å². The van der Waals surface area contributed by atoms with Gasteiger partial charge in [-0.05, 0) is 75.9 Å². The number of alkyl carbamates (subject to hydrolysis) is 1. The summed E-state index contributed by atoms with van der Waals surface area (Å²) in [5, 5.41) is 15.6. The quantitative estimate of drug-likeness (QED) is 0.0879. The van der Waals surface area contributed by atoms with Gasteiger partial charge in [-0.2, -0.15) is 0 Å². The van der Waals surface area contributed by atoms with Gasteiger partial charge in [0.05, 0.1) is 11.3 Å². The molecule has 3 aromatic rings. The monoisotopic (exact) mass is 634 g/mol. The topological polar surface area (TPSA) is 173 Å². The largest absolute Gasteiger partial charge is 0.480 e. The molecule has 13 heteroatoms. The zero-order valence-corrected chi connectivity index (χ0v) is 25.9. The number of carboxylic acid groups (broad SMARTS) is 1. The normalized spacial score (nSPS) is 11.4. The number of carboxylic acids is 1. The number of ether oxygens (including phenoxy) is 3. The number of nitrogens with zero attached hydrogens (tertiary/aromatic N) is 1. The molecule has 0 heterocycles. The predicted molar refractivity (Wildman–Crippen MR) is 168 cm³/mol. The molecule has 0 spiro atoms. The van der Waals surface area contributed by atoms with E-state index in [1.807, 2.05) is 30.3 Å². The summed E-state index contributed by atoms with van der Waals surface area (Å²) >= 11 is 0. The van der Waals surface area contributed by atoms with Crippen LogP contribution in [0, 0.1) is 0 Å². The van der Waals surface area contributed by atoms with Crippen LogP contribution in [0.25, 0.3) is 0 Å². The number of amides is 4. The first-order valence-electron chi connectivity index (χ1n) is 14.6. The lowest BCUT2D eigenvalue weighted by Gasteiger charge is -2.27. The number of para-hydroxylation sites is 1. The van der Waals surface area contributed by atoms with Gasteiger partial charge in [0.25, 0.3) is 0 Å². The smallest absolute Gasteiger partial charge is 0.427 e. The molecule has 3 rings (SSSR count). The molecule has 0 radical (unpaired) electrons. The van der Waals surface area contributed by atoms with Gasteiger partial charge in [0, 0.05) is 6.54 Å². The van der Waals surface area contributed by atoms with Crippen molar-refractivity contribution in [2.75, 3.05) is 11.6 Å². The molecule has 0 saturated heterocycles. The predicted octanol–water partition coefficient (Wildman–Crippen LogP) is 5.41. The van der Waals surface area contributed by atoms with E-state index in [9.17, 15) is 29.1 Å². The van der Waals surface area contributed by atoms with Crippen LogP contribution in [0.15, 0.2) is 84.9 Å². The minimum absolute atomic E-state index is 0.0194. The molecule has 244 valence electrons. The van der Waals surface area contributed by atoms with Crippen molar-refractivity contribution in [3.63, 3.8) is 0 Å². The van der Waals surface area contributed by atoms with Crippen molar-refractivity contribution < 1.29 is 43.3 Å². The molecular formula is C33H38N4O9. The first-order chi connectivity index (χ1) is 21.9. The fourth-order valence-corrected chi connectivity index (χ4v) is 3.96. The number of hydrogen-bond donors (Lipinski definition) is 4. The number of aliphatic carboxylic acids is 1. The van der Waals surface area contributed by atoms with Gasteiger partial charge in [-0.3, -0.25) is 0 Å². The summed E-state index contributed by atoms with van der Waals surface area (Å²) in [6.07, 6.45) is -0.837. The highest BCUT2D eigenvalue weighted by atomic mass is 16.6. The van der Waals surface area contributed by atoms with Gasteiger partial charge in [0.2, 0.25) is 0 Å².